The van der Waals surface area contributed by atoms with E-state index >= 15 is 0 Å². The van der Waals surface area contributed by atoms with Gasteiger partial charge in [0.15, 0.2) is 0 Å². The highest BCUT2D eigenvalue weighted by Crippen LogP contribution is 2.37. The van der Waals surface area contributed by atoms with Crippen LogP contribution in [0.1, 0.15) is 32.6 Å². The van der Waals surface area contributed by atoms with Crippen LogP contribution in [-0.4, -0.2) is 30.4 Å². The molecule has 1 aliphatic carbocycles. The summed E-state index contributed by atoms with van der Waals surface area (Å²) in [6.07, 6.45) is 3.81. The second kappa shape index (κ2) is 5.04. The molecule has 0 radical (unpaired) electrons. The number of nitrogens with two attached hydrogens (primary N) is 1. The number of nitrogens with one attached hydrogen (secondary N) is 2. The molecular formula is C12H21N3O2. The lowest BCUT2D eigenvalue weighted by atomic mass is 9.93. The first-order chi connectivity index (χ1) is 8.08. The van der Waals surface area contributed by atoms with Crippen LogP contribution in [0, 0.1) is 11.8 Å². The molecule has 96 valence electrons. The number of rotatable bonds is 4. The van der Waals surface area contributed by atoms with Crippen LogP contribution in [0.2, 0.25) is 0 Å². The number of primary amides is 1. The second-order valence-corrected chi connectivity index (χ2v) is 5.32. The summed E-state index contributed by atoms with van der Waals surface area (Å²) in [7, 11) is 0. The Bertz CT molecular complexity index is 319. The van der Waals surface area contributed by atoms with Crippen molar-refractivity contribution in [3.05, 3.63) is 0 Å². The Kier molecular flexibility index (Phi) is 3.66. The van der Waals surface area contributed by atoms with Gasteiger partial charge in [-0.15, -0.1) is 0 Å². The lowest BCUT2D eigenvalue weighted by Gasteiger charge is -2.20. The average Bonchev–Trinajstić information content (AvgIpc) is 2.74. The molecule has 5 nitrogen and oxygen atoms in total. The fourth-order valence-electron chi connectivity index (χ4n) is 3.16. The Morgan fingerprint density at radius 1 is 1.47 bits per heavy atom. The lowest BCUT2D eigenvalue weighted by Crippen LogP contribution is -2.47. The first-order valence-electron chi connectivity index (χ1n) is 6.40. The fourth-order valence-corrected chi connectivity index (χ4v) is 3.16. The van der Waals surface area contributed by atoms with Crippen LogP contribution in [0.4, 0.5) is 0 Å². The summed E-state index contributed by atoms with van der Waals surface area (Å²) in [4.78, 5) is 22.8. The van der Waals surface area contributed by atoms with Gasteiger partial charge in [-0.1, -0.05) is 6.42 Å². The van der Waals surface area contributed by atoms with Gasteiger partial charge in [-0.3, -0.25) is 9.59 Å². The zero-order chi connectivity index (χ0) is 12.4. The molecular weight excluding hydrogens is 218 g/mol. The number of carbonyl (C=O) groups excluding carboxylic acids is 2. The molecule has 4 unspecified atom stereocenters. The maximum Gasteiger partial charge on any atom is 0.237 e. The molecule has 0 bridgehead atoms. The molecule has 0 aromatic carbocycles. The van der Waals surface area contributed by atoms with Gasteiger partial charge >= 0.3 is 0 Å². The summed E-state index contributed by atoms with van der Waals surface area (Å²) < 4.78 is 0. The summed E-state index contributed by atoms with van der Waals surface area (Å²) in [5.74, 6) is 0.789. The van der Waals surface area contributed by atoms with Crippen molar-refractivity contribution >= 4 is 11.8 Å². The van der Waals surface area contributed by atoms with E-state index in [4.69, 9.17) is 5.73 Å². The molecule has 0 aromatic heterocycles. The van der Waals surface area contributed by atoms with Gasteiger partial charge in [0.2, 0.25) is 11.8 Å². The molecule has 2 amide bonds. The third-order valence-electron chi connectivity index (χ3n) is 3.92. The second-order valence-electron chi connectivity index (χ2n) is 5.32. The summed E-state index contributed by atoms with van der Waals surface area (Å²) in [5.41, 5.74) is 5.10. The van der Waals surface area contributed by atoms with Crippen molar-refractivity contribution in [1.29, 1.82) is 0 Å². The summed E-state index contributed by atoms with van der Waals surface area (Å²) >= 11 is 0. The predicted octanol–water partition coefficient (Wildman–Crippen LogP) is -0.245. The molecule has 5 heteroatoms. The molecule has 4 N–H and O–H groups in total. The minimum absolute atomic E-state index is 0.0214. The van der Waals surface area contributed by atoms with Crippen LogP contribution in [0.25, 0.3) is 0 Å². The Hall–Kier alpha value is -1.10. The van der Waals surface area contributed by atoms with Gasteiger partial charge in [0.1, 0.15) is 0 Å². The van der Waals surface area contributed by atoms with Gasteiger partial charge in [0.25, 0.3) is 0 Å². The van der Waals surface area contributed by atoms with E-state index in [0.29, 0.717) is 11.8 Å². The molecule has 2 rings (SSSR count). The largest absolute Gasteiger partial charge is 0.370 e. The molecule has 1 saturated heterocycles. The maximum absolute atomic E-state index is 12.1. The van der Waals surface area contributed by atoms with Crippen molar-refractivity contribution in [2.75, 3.05) is 6.54 Å². The van der Waals surface area contributed by atoms with Crippen LogP contribution >= 0.6 is 0 Å². The average molecular weight is 239 g/mol. The van der Waals surface area contributed by atoms with E-state index in [0.717, 1.165) is 13.0 Å². The fraction of sp³-hybridized carbons (Fsp3) is 0.833. The van der Waals surface area contributed by atoms with Gasteiger partial charge in [0.05, 0.1) is 6.04 Å². The molecule has 17 heavy (non-hydrogen) atoms. The smallest absolute Gasteiger partial charge is 0.237 e. The van der Waals surface area contributed by atoms with Crippen molar-refractivity contribution in [3.63, 3.8) is 0 Å². The molecule has 1 saturated carbocycles. The first kappa shape index (κ1) is 12.4. The third kappa shape index (κ3) is 2.77. The zero-order valence-corrected chi connectivity index (χ0v) is 10.2. The zero-order valence-electron chi connectivity index (χ0n) is 10.2. The number of amides is 2. The minimum atomic E-state index is -0.379. The van der Waals surface area contributed by atoms with Gasteiger partial charge in [0, 0.05) is 12.5 Å². The predicted molar refractivity (Wildman–Crippen MR) is 64.0 cm³/mol. The quantitative estimate of drug-likeness (QED) is 0.633. The monoisotopic (exact) mass is 239 g/mol. The Morgan fingerprint density at radius 3 is 2.94 bits per heavy atom. The van der Waals surface area contributed by atoms with Gasteiger partial charge in [-0.05, 0) is 38.1 Å². The third-order valence-corrected chi connectivity index (χ3v) is 3.92. The van der Waals surface area contributed by atoms with Gasteiger partial charge < -0.3 is 16.4 Å². The van der Waals surface area contributed by atoms with E-state index in [-0.39, 0.29) is 30.3 Å². The Labute approximate surface area is 102 Å². The minimum Gasteiger partial charge on any atom is -0.370 e. The molecule has 2 fully saturated rings. The lowest BCUT2D eigenvalue weighted by molar-refractivity contribution is -0.124. The van der Waals surface area contributed by atoms with Gasteiger partial charge in [-0.25, -0.2) is 0 Å². The van der Waals surface area contributed by atoms with Crippen LogP contribution in [0.3, 0.4) is 0 Å². The highest BCUT2D eigenvalue weighted by atomic mass is 16.2. The highest BCUT2D eigenvalue weighted by molar-refractivity contribution is 5.83. The molecule has 1 aliphatic heterocycles. The first-order valence-corrected chi connectivity index (χ1v) is 6.40. The van der Waals surface area contributed by atoms with Crippen molar-refractivity contribution in [2.45, 2.75) is 44.7 Å². The van der Waals surface area contributed by atoms with E-state index in [9.17, 15) is 9.59 Å². The van der Waals surface area contributed by atoms with Crippen LogP contribution in [-0.2, 0) is 9.59 Å². The standard InChI is InChI=1S/C12H21N3O2/c1-7(5-10(13)16)15-12(17)11-9-4-2-3-8(9)6-14-11/h7-9,11,14H,2-6H2,1H3,(H2,13,16)(H,15,17). The number of hydrogen-bond donors (Lipinski definition) is 3. The number of fused-ring (bicyclic) bond motifs is 1. The van der Waals surface area contributed by atoms with Crippen molar-refractivity contribution in [2.24, 2.45) is 17.6 Å². The van der Waals surface area contributed by atoms with E-state index in [1.54, 1.807) is 0 Å². The van der Waals surface area contributed by atoms with Crippen molar-refractivity contribution in [3.8, 4) is 0 Å². The number of hydrogen-bond acceptors (Lipinski definition) is 3. The maximum atomic E-state index is 12.1. The Morgan fingerprint density at radius 2 is 2.24 bits per heavy atom. The molecule has 0 aromatic rings. The SMILES string of the molecule is CC(CC(N)=O)NC(=O)C1NCC2CCCC21. The van der Waals surface area contributed by atoms with E-state index in [1.165, 1.54) is 12.8 Å². The van der Waals surface area contributed by atoms with Gasteiger partial charge in [-0.2, -0.15) is 0 Å². The Balaban J connectivity index is 1.85. The summed E-state index contributed by atoms with van der Waals surface area (Å²) in [6, 6.07) is -0.250. The molecule has 1 heterocycles. The van der Waals surface area contributed by atoms with Crippen LogP contribution < -0.4 is 16.4 Å². The summed E-state index contributed by atoms with van der Waals surface area (Å²) in [6.45, 7) is 2.76. The number of carbonyl (C=O) groups is 2. The normalized spacial score (nSPS) is 33.1. The van der Waals surface area contributed by atoms with Crippen LogP contribution in [0.5, 0.6) is 0 Å². The molecule has 4 atom stereocenters. The van der Waals surface area contributed by atoms with Crippen molar-refractivity contribution < 1.29 is 9.59 Å². The van der Waals surface area contributed by atoms with Crippen LogP contribution in [0.15, 0.2) is 0 Å². The van der Waals surface area contributed by atoms with E-state index < -0.39 is 0 Å². The van der Waals surface area contributed by atoms with Crippen molar-refractivity contribution in [1.82, 2.24) is 10.6 Å². The van der Waals surface area contributed by atoms with E-state index in [1.807, 2.05) is 6.92 Å². The van der Waals surface area contributed by atoms with E-state index in [2.05, 4.69) is 10.6 Å². The topological polar surface area (TPSA) is 84.2 Å². The molecule has 0 spiro atoms. The summed E-state index contributed by atoms with van der Waals surface area (Å²) in [5, 5.41) is 6.15. The molecule has 2 aliphatic rings. The highest BCUT2D eigenvalue weighted by Gasteiger charge is 2.42.